The van der Waals surface area contributed by atoms with Gasteiger partial charge in [-0.1, -0.05) is 18.2 Å². The second kappa shape index (κ2) is 9.09. The van der Waals surface area contributed by atoms with Crippen LogP contribution in [0, 0.1) is 0 Å². The van der Waals surface area contributed by atoms with Crippen molar-refractivity contribution in [2.45, 2.75) is 24.2 Å². The fourth-order valence-corrected chi connectivity index (χ4v) is 4.42. The second-order valence-corrected chi connectivity index (χ2v) is 8.90. The van der Waals surface area contributed by atoms with Crippen molar-refractivity contribution < 1.29 is 18.0 Å². The van der Waals surface area contributed by atoms with Gasteiger partial charge in [0.15, 0.2) is 0 Å². The zero-order valence-electron chi connectivity index (χ0n) is 16.4. The predicted molar refractivity (Wildman–Crippen MR) is 111 cm³/mol. The highest BCUT2D eigenvalue weighted by Gasteiger charge is 2.22. The summed E-state index contributed by atoms with van der Waals surface area (Å²) in [5, 5.41) is 2.71. The standard InChI is InChI=1S/C21H25N3O4S/c1-23(18-7-3-2-4-8-18)29(27,28)19-11-9-17(10-12-19)21(26)22-14-13-20(25)24-15-5-6-16-24/h2-4,7-12H,5-6,13-16H2,1H3,(H,22,26). The van der Waals surface area contributed by atoms with Crippen LogP contribution in [-0.2, 0) is 14.8 Å². The highest BCUT2D eigenvalue weighted by atomic mass is 32.2. The van der Waals surface area contributed by atoms with E-state index in [1.54, 1.807) is 24.3 Å². The van der Waals surface area contributed by atoms with Crippen LogP contribution in [0.3, 0.4) is 0 Å². The number of rotatable bonds is 7. The number of benzene rings is 2. The molecule has 2 aromatic rings. The molecule has 0 aliphatic carbocycles. The number of nitrogens with one attached hydrogen (secondary N) is 1. The zero-order chi connectivity index (χ0) is 20.9. The van der Waals surface area contributed by atoms with Crippen molar-refractivity contribution in [3.8, 4) is 0 Å². The van der Waals surface area contributed by atoms with E-state index >= 15 is 0 Å². The summed E-state index contributed by atoms with van der Waals surface area (Å²) in [5.74, 6) is -0.284. The number of amides is 2. The van der Waals surface area contributed by atoms with Crippen molar-refractivity contribution in [3.63, 3.8) is 0 Å². The van der Waals surface area contributed by atoms with E-state index in [9.17, 15) is 18.0 Å². The Morgan fingerprint density at radius 1 is 1.00 bits per heavy atom. The van der Waals surface area contributed by atoms with Crippen LogP contribution >= 0.6 is 0 Å². The van der Waals surface area contributed by atoms with Crippen molar-refractivity contribution in [1.29, 1.82) is 0 Å². The summed E-state index contributed by atoms with van der Waals surface area (Å²) in [5.41, 5.74) is 0.900. The Kier molecular flexibility index (Phi) is 6.53. The molecule has 1 aliphatic rings. The molecule has 7 nitrogen and oxygen atoms in total. The maximum absolute atomic E-state index is 12.8. The molecule has 3 rings (SSSR count). The van der Waals surface area contributed by atoms with Gasteiger partial charge in [-0.15, -0.1) is 0 Å². The first-order valence-electron chi connectivity index (χ1n) is 9.59. The van der Waals surface area contributed by atoms with Gasteiger partial charge in [0.05, 0.1) is 10.6 Å². The van der Waals surface area contributed by atoms with Crippen LogP contribution in [0.25, 0.3) is 0 Å². The van der Waals surface area contributed by atoms with E-state index in [-0.39, 0.29) is 29.7 Å². The van der Waals surface area contributed by atoms with Crippen molar-refractivity contribution in [1.82, 2.24) is 10.2 Å². The van der Waals surface area contributed by atoms with E-state index in [0.29, 0.717) is 11.3 Å². The van der Waals surface area contributed by atoms with Crippen molar-refractivity contribution >= 4 is 27.5 Å². The fourth-order valence-electron chi connectivity index (χ4n) is 3.22. The number of anilines is 1. The molecule has 154 valence electrons. The number of carbonyl (C=O) groups is 2. The number of hydrogen-bond donors (Lipinski definition) is 1. The summed E-state index contributed by atoms with van der Waals surface area (Å²) in [7, 11) is -2.23. The van der Waals surface area contributed by atoms with Crippen LogP contribution in [0.5, 0.6) is 0 Å². The first-order chi connectivity index (χ1) is 13.9. The Bertz CT molecular complexity index is 953. The third kappa shape index (κ3) is 4.95. The number of likely N-dealkylation sites (tertiary alicyclic amines) is 1. The number of nitrogens with zero attached hydrogens (tertiary/aromatic N) is 2. The Labute approximate surface area is 171 Å². The summed E-state index contributed by atoms with van der Waals surface area (Å²) in [6.07, 6.45) is 2.33. The highest BCUT2D eigenvalue weighted by Crippen LogP contribution is 2.21. The number of carbonyl (C=O) groups excluding carboxylic acids is 2. The molecule has 1 aliphatic heterocycles. The largest absolute Gasteiger partial charge is 0.352 e. The summed E-state index contributed by atoms with van der Waals surface area (Å²) < 4.78 is 26.7. The molecule has 0 spiro atoms. The maximum Gasteiger partial charge on any atom is 0.264 e. The average Bonchev–Trinajstić information content (AvgIpc) is 3.29. The van der Waals surface area contributed by atoms with Crippen LogP contribution in [0.4, 0.5) is 5.69 Å². The van der Waals surface area contributed by atoms with E-state index in [1.165, 1.54) is 35.6 Å². The Morgan fingerprint density at radius 2 is 1.62 bits per heavy atom. The minimum absolute atomic E-state index is 0.0493. The summed E-state index contributed by atoms with van der Waals surface area (Å²) in [4.78, 5) is 26.2. The van der Waals surface area contributed by atoms with E-state index in [0.717, 1.165) is 25.9 Å². The molecule has 1 fully saturated rings. The molecule has 1 heterocycles. The van der Waals surface area contributed by atoms with E-state index in [1.807, 2.05) is 11.0 Å². The van der Waals surface area contributed by atoms with Gasteiger partial charge in [-0.05, 0) is 49.2 Å². The molecular weight excluding hydrogens is 390 g/mol. The smallest absolute Gasteiger partial charge is 0.264 e. The fraction of sp³-hybridized carbons (Fsp3) is 0.333. The molecule has 1 saturated heterocycles. The molecule has 1 N–H and O–H groups in total. The van der Waals surface area contributed by atoms with Crippen LogP contribution in [0.2, 0.25) is 0 Å². The first-order valence-corrected chi connectivity index (χ1v) is 11.0. The molecule has 0 radical (unpaired) electrons. The molecule has 0 atom stereocenters. The first kappa shape index (κ1) is 20.9. The molecular formula is C21H25N3O4S. The van der Waals surface area contributed by atoms with Crippen molar-refractivity contribution in [2.24, 2.45) is 0 Å². The molecule has 2 aromatic carbocycles. The topological polar surface area (TPSA) is 86.8 Å². The van der Waals surface area contributed by atoms with E-state index in [4.69, 9.17) is 0 Å². The minimum atomic E-state index is -3.72. The van der Waals surface area contributed by atoms with Gasteiger partial charge in [0.2, 0.25) is 5.91 Å². The van der Waals surface area contributed by atoms with E-state index in [2.05, 4.69) is 5.32 Å². The minimum Gasteiger partial charge on any atom is -0.352 e. The predicted octanol–water partition coefficient (Wildman–Crippen LogP) is 2.25. The summed E-state index contributed by atoms with van der Waals surface area (Å²) in [6.45, 7) is 1.84. The van der Waals surface area contributed by atoms with Gasteiger partial charge in [0.1, 0.15) is 0 Å². The maximum atomic E-state index is 12.8. The number of para-hydroxylation sites is 1. The molecule has 29 heavy (non-hydrogen) atoms. The molecule has 0 bridgehead atoms. The lowest BCUT2D eigenvalue weighted by molar-refractivity contribution is -0.129. The van der Waals surface area contributed by atoms with Gasteiger partial charge in [0.25, 0.3) is 15.9 Å². The van der Waals surface area contributed by atoms with Crippen LogP contribution in [-0.4, -0.2) is 51.8 Å². The Balaban J connectivity index is 1.58. The van der Waals surface area contributed by atoms with Gasteiger partial charge >= 0.3 is 0 Å². The quantitative estimate of drug-likeness (QED) is 0.751. The lowest BCUT2D eigenvalue weighted by atomic mass is 10.2. The third-order valence-electron chi connectivity index (χ3n) is 4.98. The van der Waals surface area contributed by atoms with Crippen molar-refractivity contribution in [2.75, 3.05) is 31.0 Å². The molecule has 0 saturated carbocycles. The van der Waals surface area contributed by atoms with E-state index < -0.39 is 10.0 Å². The Hall–Kier alpha value is -2.87. The molecule has 2 amide bonds. The van der Waals surface area contributed by atoms with Crippen molar-refractivity contribution in [3.05, 3.63) is 60.2 Å². The molecule has 0 unspecified atom stereocenters. The summed E-state index contributed by atoms with van der Waals surface area (Å²) >= 11 is 0. The molecule has 0 aromatic heterocycles. The summed E-state index contributed by atoms with van der Waals surface area (Å²) in [6, 6.07) is 14.6. The average molecular weight is 416 g/mol. The van der Waals surface area contributed by atoms with Gasteiger partial charge in [-0.2, -0.15) is 0 Å². The van der Waals surface area contributed by atoms with Gasteiger partial charge in [0, 0.05) is 38.7 Å². The zero-order valence-corrected chi connectivity index (χ0v) is 17.2. The van der Waals surface area contributed by atoms with Crippen LogP contribution in [0.1, 0.15) is 29.6 Å². The van der Waals surface area contributed by atoms with Gasteiger partial charge in [-0.3, -0.25) is 13.9 Å². The van der Waals surface area contributed by atoms with Crippen LogP contribution < -0.4 is 9.62 Å². The normalized spacial score (nSPS) is 13.9. The highest BCUT2D eigenvalue weighted by molar-refractivity contribution is 7.92. The lowest BCUT2D eigenvalue weighted by Crippen LogP contribution is -2.32. The second-order valence-electron chi connectivity index (χ2n) is 6.93. The van der Waals surface area contributed by atoms with Crippen LogP contribution in [0.15, 0.2) is 59.5 Å². The van der Waals surface area contributed by atoms with Gasteiger partial charge < -0.3 is 10.2 Å². The third-order valence-corrected chi connectivity index (χ3v) is 6.78. The number of sulfonamides is 1. The lowest BCUT2D eigenvalue weighted by Gasteiger charge is -2.19. The van der Waals surface area contributed by atoms with Gasteiger partial charge in [-0.25, -0.2) is 8.42 Å². The molecule has 8 heteroatoms. The number of hydrogen-bond acceptors (Lipinski definition) is 4. The monoisotopic (exact) mass is 415 g/mol. The SMILES string of the molecule is CN(c1ccccc1)S(=O)(=O)c1ccc(C(=O)NCCC(=O)N2CCCC2)cc1. The Morgan fingerprint density at radius 3 is 2.24 bits per heavy atom.